The van der Waals surface area contributed by atoms with Gasteiger partial charge in [0.1, 0.15) is 5.82 Å². The molecule has 0 spiro atoms. The summed E-state index contributed by atoms with van der Waals surface area (Å²) in [5.74, 6) is 2.27. The third-order valence-corrected chi connectivity index (χ3v) is 5.19. The van der Waals surface area contributed by atoms with Crippen molar-refractivity contribution in [3.05, 3.63) is 71.0 Å². The van der Waals surface area contributed by atoms with Crippen molar-refractivity contribution in [1.29, 1.82) is 0 Å². The first-order valence-corrected chi connectivity index (χ1v) is 10.5. The summed E-state index contributed by atoms with van der Waals surface area (Å²) in [5.41, 5.74) is 7.55. The Labute approximate surface area is 178 Å². The number of rotatable bonds is 9. The first-order chi connectivity index (χ1) is 14.1. The van der Waals surface area contributed by atoms with E-state index < -0.39 is 0 Å². The quantitative estimate of drug-likeness (QED) is 0.445. The maximum atomic E-state index is 12.0. The Morgan fingerprint density at radius 2 is 1.79 bits per heavy atom. The molecule has 0 saturated carbocycles. The van der Waals surface area contributed by atoms with E-state index in [1.165, 1.54) is 0 Å². The fourth-order valence-electron chi connectivity index (χ4n) is 2.46. The van der Waals surface area contributed by atoms with E-state index in [-0.39, 0.29) is 11.9 Å². The van der Waals surface area contributed by atoms with Crippen molar-refractivity contribution < 1.29 is 4.79 Å². The van der Waals surface area contributed by atoms with Crippen LogP contribution in [0.3, 0.4) is 0 Å². The number of anilines is 3. The van der Waals surface area contributed by atoms with Crippen molar-refractivity contribution in [2.24, 2.45) is 0 Å². The SMILES string of the molecule is Nc1nc(CSCCC(=O)NCc2ccccc2Cl)nc(Nc2ccccc2)n1. The Hall–Kier alpha value is -2.84. The number of carbonyl (C=O) groups excluding carboxylic acids is 1. The normalized spacial score (nSPS) is 10.5. The molecule has 7 nitrogen and oxygen atoms in total. The number of halogens is 1. The monoisotopic (exact) mass is 428 g/mol. The number of nitrogen functional groups attached to an aromatic ring is 1. The van der Waals surface area contributed by atoms with Crippen LogP contribution in [0.15, 0.2) is 54.6 Å². The highest BCUT2D eigenvalue weighted by molar-refractivity contribution is 7.98. The third-order valence-electron chi connectivity index (χ3n) is 3.87. The summed E-state index contributed by atoms with van der Waals surface area (Å²) in [6.07, 6.45) is 0.394. The molecule has 0 saturated heterocycles. The molecule has 2 aromatic carbocycles. The largest absolute Gasteiger partial charge is 0.368 e. The van der Waals surface area contributed by atoms with E-state index >= 15 is 0 Å². The Morgan fingerprint density at radius 1 is 1.03 bits per heavy atom. The number of nitrogens with one attached hydrogen (secondary N) is 2. The molecule has 0 unspecified atom stereocenters. The Morgan fingerprint density at radius 3 is 2.59 bits per heavy atom. The van der Waals surface area contributed by atoms with Crippen LogP contribution in [0.25, 0.3) is 0 Å². The minimum absolute atomic E-state index is 0.0287. The Bertz CT molecular complexity index is 957. The van der Waals surface area contributed by atoms with Crippen LogP contribution in [0, 0.1) is 0 Å². The van der Waals surface area contributed by atoms with Gasteiger partial charge in [-0.05, 0) is 23.8 Å². The average Bonchev–Trinajstić information content (AvgIpc) is 2.71. The predicted molar refractivity (Wildman–Crippen MR) is 118 cm³/mol. The van der Waals surface area contributed by atoms with Gasteiger partial charge in [-0.3, -0.25) is 4.79 Å². The number of carbonyl (C=O) groups is 1. The predicted octanol–water partition coefficient (Wildman–Crippen LogP) is 3.79. The van der Waals surface area contributed by atoms with Crippen LogP contribution in [0.2, 0.25) is 5.02 Å². The summed E-state index contributed by atoms with van der Waals surface area (Å²) >= 11 is 7.65. The van der Waals surface area contributed by atoms with E-state index in [0.717, 1.165) is 11.3 Å². The molecule has 1 amide bonds. The molecule has 0 radical (unpaired) electrons. The van der Waals surface area contributed by atoms with Crippen LogP contribution in [0.5, 0.6) is 0 Å². The van der Waals surface area contributed by atoms with E-state index in [9.17, 15) is 4.79 Å². The molecule has 29 heavy (non-hydrogen) atoms. The average molecular weight is 429 g/mol. The molecule has 150 valence electrons. The number of thioether (sulfide) groups is 1. The van der Waals surface area contributed by atoms with Crippen LogP contribution < -0.4 is 16.4 Å². The third kappa shape index (κ3) is 6.92. The fraction of sp³-hybridized carbons (Fsp3) is 0.200. The van der Waals surface area contributed by atoms with Gasteiger partial charge in [-0.1, -0.05) is 48.0 Å². The highest BCUT2D eigenvalue weighted by Crippen LogP contribution is 2.16. The molecule has 0 atom stereocenters. The van der Waals surface area contributed by atoms with Crippen molar-refractivity contribution in [2.45, 2.75) is 18.7 Å². The molecule has 0 bridgehead atoms. The van der Waals surface area contributed by atoms with Gasteiger partial charge < -0.3 is 16.4 Å². The summed E-state index contributed by atoms with van der Waals surface area (Å²) in [6.45, 7) is 0.418. The smallest absolute Gasteiger partial charge is 0.232 e. The standard InChI is InChI=1S/C20H21ClN6OS/c21-16-9-5-4-6-14(16)12-23-18(28)10-11-29-13-17-25-19(22)27-20(26-17)24-15-7-2-1-3-8-15/h1-9H,10-13H2,(H,23,28)(H3,22,24,25,26,27). The van der Waals surface area contributed by atoms with Crippen LogP contribution >= 0.6 is 23.4 Å². The molecule has 3 aromatic rings. The van der Waals surface area contributed by atoms with Crippen LogP contribution in [-0.4, -0.2) is 26.6 Å². The number of aromatic nitrogens is 3. The van der Waals surface area contributed by atoms with Gasteiger partial charge in [0.15, 0.2) is 0 Å². The molecule has 0 fully saturated rings. The van der Waals surface area contributed by atoms with Gasteiger partial charge in [0.05, 0.1) is 5.75 Å². The number of para-hydroxylation sites is 1. The number of hydrogen-bond donors (Lipinski definition) is 3. The molecule has 9 heteroatoms. The molecule has 0 aliphatic rings. The first-order valence-electron chi connectivity index (χ1n) is 9.00. The molecule has 0 aliphatic carbocycles. The van der Waals surface area contributed by atoms with Crippen LogP contribution in [-0.2, 0) is 17.1 Å². The minimum Gasteiger partial charge on any atom is -0.368 e. The van der Waals surface area contributed by atoms with E-state index in [0.29, 0.717) is 41.3 Å². The summed E-state index contributed by atoms with van der Waals surface area (Å²) in [4.78, 5) is 24.7. The van der Waals surface area contributed by atoms with Crippen molar-refractivity contribution in [1.82, 2.24) is 20.3 Å². The lowest BCUT2D eigenvalue weighted by Crippen LogP contribution is -2.23. The molecule has 4 N–H and O–H groups in total. The number of nitrogens with two attached hydrogens (primary N) is 1. The molecule has 3 rings (SSSR count). The van der Waals surface area contributed by atoms with Gasteiger partial charge in [0.2, 0.25) is 17.8 Å². The Balaban J connectivity index is 1.43. The number of amides is 1. The maximum Gasteiger partial charge on any atom is 0.232 e. The van der Waals surface area contributed by atoms with Crippen molar-refractivity contribution >= 4 is 46.9 Å². The molecular weight excluding hydrogens is 408 g/mol. The van der Waals surface area contributed by atoms with E-state index in [2.05, 4.69) is 25.6 Å². The van der Waals surface area contributed by atoms with Gasteiger partial charge in [-0.25, -0.2) is 0 Å². The number of hydrogen-bond acceptors (Lipinski definition) is 7. The van der Waals surface area contributed by atoms with Crippen molar-refractivity contribution in [3.8, 4) is 0 Å². The van der Waals surface area contributed by atoms with Gasteiger partial charge in [-0.2, -0.15) is 26.7 Å². The van der Waals surface area contributed by atoms with Crippen LogP contribution in [0.1, 0.15) is 17.8 Å². The van der Waals surface area contributed by atoms with Gasteiger partial charge >= 0.3 is 0 Å². The first kappa shape index (κ1) is 20.9. The lowest BCUT2D eigenvalue weighted by molar-refractivity contribution is -0.120. The van der Waals surface area contributed by atoms with Gasteiger partial charge in [0, 0.05) is 29.4 Å². The zero-order chi connectivity index (χ0) is 20.5. The lowest BCUT2D eigenvalue weighted by Gasteiger charge is -2.08. The van der Waals surface area contributed by atoms with E-state index in [4.69, 9.17) is 17.3 Å². The van der Waals surface area contributed by atoms with Crippen molar-refractivity contribution in [2.75, 3.05) is 16.8 Å². The second kappa shape index (κ2) is 10.6. The molecular formula is C20H21ClN6OS. The molecule has 0 aliphatic heterocycles. The maximum absolute atomic E-state index is 12.0. The molecule has 1 aromatic heterocycles. The topological polar surface area (TPSA) is 106 Å². The lowest BCUT2D eigenvalue weighted by atomic mass is 10.2. The van der Waals surface area contributed by atoms with Crippen molar-refractivity contribution in [3.63, 3.8) is 0 Å². The van der Waals surface area contributed by atoms with Gasteiger partial charge in [-0.15, -0.1) is 0 Å². The summed E-state index contributed by atoms with van der Waals surface area (Å²) in [6, 6.07) is 17.0. The second-order valence-electron chi connectivity index (χ2n) is 6.10. The number of nitrogens with zero attached hydrogens (tertiary/aromatic N) is 3. The number of benzene rings is 2. The highest BCUT2D eigenvalue weighted by Gasteiger charge is 2.07. The minimum atomic E-state index is -0.0287. The van der Waals surface area contributed by atoms with Crippen LogP contribution in [0.4, 0.5) is 17.6 Å². The Kier molecular flexibility index (Phi) is 7.66. The zero-order valence-electron chi connectivity index (χ0n) is 15.6. The van der Waals surface area contributed by atoms with E-state index in [1.54, 1.807) is 17.8 Å². The zero-order valence-corrected chi connectivity index (χ0v) is 17.2. The van der Waals surface area contributed by atoms with E-state index in [1.807, 2.05) is 48.5 Å². The highest BCUT2D eigenvalue weighted by atomic mass is 35.5. The molecule has 1 heterocycles. The summed E-state index contributed by atoms with van der Waals surface area (Å²) in [5, 5.41) is 6.63. The summed E-state index contributed by atoms with van der Waals surface area (Å²) < 4.78 is 0. The van der Waals surface area contributed by atoms with Gasteiger partial charge in [0.25, 0.3) is 0 Å². The fourth-order valence-corrected chi connectivity index (χ4v) is 3.45. The second-order valence-corrected chi connectivity index (χ2v) is 7.61. The summed E-state index contributed by atoms with van der Waals surface area (Å²) in [7, 11) is 0.